The number of hydrogen-bond acceptors (Lipinski definition) is 7. The first kappa shape index (κ1) is 19.2. The molecule has 1 saturated heterocycles. The summed E-state index contributed by atoms with van der Waals surface area (Å²) < 4.78 is 11.3. The van der Waals surface area contributed by atoms with Gasteiger partial charge in [-0.1, -0.05) is 12.1 Å². The Labute approximate surface area is 169 Å². The SMILES string of the molecule is CCOc1ccc(Nc2cc(-c3cccc(O)c3)nc(C3CNCCO3)n2)cc1. The highest BCUT2D eigenvalue weighted by molar-refractivity contribution is 5.67. The third-order valence-electron chi connectivity index (χ3n) is 4.54. The number of aromatic hydroxyl groups is 1. The quantitative estimate of drug-likeness (QED) is 0.590. The number of phenolic OH excluding ortho intramolecular Hbond substituents is 1. The summed E-state index contributed by atoms with van der Waals surface area (Å²) in [6, 6.07) is 16.6. The second-order valence-electron chi connectivity index (χ2n) is 6.69. The highest BCUT2D eigenvalue weighted by Gasteiger charge is 2.20. The maximum atomic E-state index is 9.86. The van der Waals surface area contributed by atoms with E-state index in [1.165, 1.54) is 0 Å². The molecule has 7 nitrogen and oxygen atoms in total. The van der Waals surface area contributed by atoms with Gasteiger partial charge in [0.15, 0.2) is 5.82 Å². The Morgan fingerprint density at radius 2 is 2.03 bits per heavy atom. The van der Waals surface area contributed by atoms with Gasteiger partial charge in [0, 0.05) is 30.4 Å². The fourth-order valence-electron chi connectivity index (χ4n) is 3.17. The van der Waals surface area contributed by atoms with Gasteiger partial charge in [-0.05, 0) is 43.3 Å². The molecule has 3 aromatic rings. The average Bonchev–Trinajstić information content (AvgIpc) is 2.76. The van der Waals surface area contributed by atoms with Crippen molar-refractivity contribution in [3.63, 3.8) is 0 Å². The van der Waals surface area contributed by atoms with E-state index in [1.54, 1.807) is 18.2 Å². The molecule has 1 atom stereocenters. The largest absolute Gasteiger partial charge is 0.508 e. The summed E-state index contributed by atoms with van der Waals surface area (Å²) in [5.74, 6) is 2.28. The second-order valence-corrected chi connectivity index (χ2v) is 6.69. The molecule has 3 N–H and O–H groups in total. The van der Waals surface area contributed by atoms with Crippen LogP contribution in [0.3, 0.4) is 0 Å². The molecule has 1 fully saturated rings. The lowest BCUT2D eigenvalue weighted by molar-refractivity contribution is 0.0223. The summed E-state index contributed by atoms with van der Waals surface area (Å²) in [6.07, 6.45) is -0.220. The van der Waals surface area contributed by atoms with Crippen molar-refractivity contribution in [3.8, 4) is 22.8 Å². The topological polar surface area (TPSA) is 88.5 Å². The molecule has 1 aliphatic rings. The van der Waals surface area contributed by atoms with Crippen molar-refractivity contribution in [2.24, 2.45) is 0 Å². The summed E-state index contributed by atoms with van der Waals surface area (Å²) in [7, 11) is 0. The fraction of sp³-hybridized carbons (Fsp3) is 0.273. The van der Waals surface area contributed by atoms with Gasteiger partial charge in [-0.2, -0.15) is 0 Å². The third kappa shape index (κ3) is 4.82. The van der Waals surface area contributed by atoms with Crippen LogP contribution in [-0.4, -0.2) is 41.4 Å². The Morgan fingerprint density at radius 3 is 2.76 bits per heavy atom. The molecule has 0 amide bonds. The third-order valence-corrected chi connectivity index (χ3v) is 4.54. The van der Waals surface area contributed by atoms with Gasteiger partial charge in [0.25, 0.3) is 0 Å². The molecule has 1 aromatic heterocycles. The smallest absolute Gasteiger partial charge is 0.161 e. The predicted octanol–water partition coefficient (Wildman–Crippen LogP) is 3.65. The molecule has 0 spiro atoms. The van der Waals surface area contributed by atoms with Crippen LogP contribution in [0.4, 0.5) is 11.5 Å². The number of aromatic nitrogens is 2. The van der Waals surface area contributed by atoms with Crippen molar-refractivity contribution in [1.29, 1.82) is 0 Å². The summed E-state index contributed by atoms with van der Waals surface area (Å²) >= 11 is 0. The Balaban J connectivity index is 1.67. The van der Waals surface area contributed by atoms with Crippen molar-refractivity contribution in [2.75, 3.05) is 31.6 Å². The molecule has 29 heavy (non-hydrogen) atoms. The van der Waals surface area contributed by atoms with Crippen LogP contribution in [0, 0.1) is 0 Å². The normalized spacial score (nSPS) is 16.4. The van der Waals surface area contributed by atoms with Crippen LogP contribution in [0.1, 0.15) is 18.9 Å². The summed E-state index contributed by atoms with van der Waals surface area (Å²) in [4.78, 5) is 9.38. The molecule has 0 radical (unpaired) electrons. The van der Waals surface area contributed by atoms with Crippen LogP contribution in [-0.2, 0) is 4.74 Å². The van der Waals surface area contributed by atoms with Gasteiger partial charge in [0.05, 0.1) is 18.9 Å². The van der Waals surface area contributed by atoms with E-state index < -0.39 is 0 Å². The monoisotopic (exact) mass is 392 g/mol. The fourth-order valence-corrected chi connectivity index (χ4v) is 3.17. The molecule has 7 heteroatoms. The van der Waals surface area contributed by atoms with E-state index in [0.29, 0.717) is 37.1 Å². The molecule has 0 bridgehead atoms. The van der Waals surface area contributed by atoms with Gasteiger partial charge in [0.1, 0.15) is 23.4 Å². The van der Waals surface area contributed by atoms with Crippen molar-refractivity contribution in [1.82, 2.24) is 15.3 Å². The molecule has 1 aliphatic heterocycles. The molecule has 0 aliphatic carbocycles. The lowest BCUT2D eigenvalue weighted by Gasteiger charge is -2.23. The average molecular weight is 392 g/mol. The van der Waals surface area contributed by atoms with Gasteiger partial charge in [-0.25, -0.2) is 9.97 Å². The Bertz CT molecular complexity index is 957. The van der Waals surface area contributed by atoms with Crippen LogP contribution >= 0.6 is 0 Å². The first-order chi connectivity index (χ1) is 14.2. The lowest BCUT2D eigenvalue weighted by atomic mass is 10.1. The van der Waals surface area contributed by atoms with E-state index in [-0.39, 0.29) is 11.9 Å². The number of morpholine rings is 1. The number of phenols is 1. The van der Waals surface area contributed by atoms with E-state index >= 15 is 0 Å². The summed E-state index contributed by atoms with van der Waals surface area (Å²) in [5, 5.41) is 16.5. The number of nitrogens with zero attached hydrogens (tertiary/aromatic N) is 2. The Morgan fingerprint density at radius 1 is 1.17 bits per heavy atom. The molecular weight excluding hydrogens is 368 g/mol. The predicted molar refractivity (Wildman–Crippen MR) is 112 cm³/mol. The number of benzene rings is 2. The molecule has 4 rings (SSSR count). The summed E-state index contributed by atoms with van der Waals surface area (Å²) in [6.45, 7) is 4.68. The molecule has 150 valence electrons. The molecule has 1 unspecified atom stereocenters. The zero-order valence-electron chi connectivity index (χ0n) is 16.3. The van der Waals surface area contributed by atoms with Crippen molar-refractivity contribution >= 4 is 11.5 Å². The zero-order chi connectivity index (χ0) is 20.1. The number of hydrogen-bond donors (Lipinski definition) is 3. The number of ether oxygens (including phenoxy) is 2. The van der Waals surface area contributed by atoms with Crippen LogP contribution < -0.4 is 15.4 Å². The molecule has 2 aromatic carbocycles. The molecular formula is C22H24N4O3. The highest BCUT2D eigenvalue weighted by atomic mass is 16.5. The first-order valence-electron chi connectivity index (χ1n) is 9.72. The van der Waals surface area contributed by atoms with E-state index in [0.717, 1.165) is 23.5 Å². The van der Waals surface area contributed by atoms with Gasteiger partial charge in [0.2, 0.25) is 0 Å². The Kier molecular flexibility index (Phi) is 5.88. The van der Waals surface area contributed by atoms with Crippen LogP contribution in [0.2, 0.25) is 0 Å². The maximum absolute atomic E-state index is 9.86. The molecule has 2 heterocycles. The first-order valence-corrected chi connectivity index (χ1v) is 9.72. The van der Waals surface area contributed by atoms with Crippen LogP contribution in [0.5, 0.6) is 11.5 Å². The van der Waals surface area contributed by atoms with Gasteiger partial charge in [-0.15, -0.1) is 0 Å². The highest BCUT2D eigenvalue weighted by Crippen LogP contribution is 2.28. The van der Waals surface area contributed by atoms with Crippen LogP contribution in [0.15, 0.2) is 54.6 Å². The minimum absolute atomic E-state index is 0.194. The summed E-state index contributed by atoms with van der Waals surface area (Å²) in [5.41, 5.74) is 2.42. The van der Waals surface area contributed by atoms with E-state index in [4.69, 9.17) is 14.5 Å². The van der Waals surface area contributed by atoms with Gasteiger partial charge >= 0.3 is 0 Å². The lowest BCUT2D eigenvalue weighted by Crippen LogP contribution is -2.34. The van der Waals surface area contributed by atoms with Gasteiger partial charge < -0.3 is 25.2 Å². The number of nitrogens with one attached hydrogen (secondary N) is 2. The Hall–Kier alpha value is -3.16. The standard InChI is InChI=1S/C22H24N4O3/c1-2-28-18-8-6-16(7-9-18)24-21-13-19(15-4-3-5-17(27)12-15)25-22(26-21)20-14-23-10-11-29-20/h3-9,12-13,20,23,27H,2,10-11,14H2,1H3,(H,24,25,26). The second kappa shape index (κ2) is 8.89. The van der Waals surface area contributed by atoms with Crippen molar-refractivity contribution in [3.05, 3.63) is 60.4 Å². The van der Waals surface area contributed by atoms with Crippen molar-refractivity contribution < 1.29 is 14.6 Å². The van der Waals surface area contributed by atoms with E-state index in [1.807, 2.05) is 43.3 Å². The van der Waals surface area contributed by atoms with E-state index in [2.05, 4.69) is 15.6 Å². The zero-order valence-corrected chi connectivity index (χ0v) is 16.3. The minimum Gasteiger partial charge on any atom is -0.508 e. The molecule has 0 saturated carbocycles. The number of anilines is 2. The van der Waals surface area contributed by atoms with Crippen molar-refractivity contribution in [2.45, 2.75) is 13.0 Å². The maximum Gasteiger partial charge on any atom is 0.161 e. The van der Waals surface area contributed by atoms with E-state index in [9.17, 15) is 5.11 Å². The minimum atomic E-state index is -0.220. The van der Waals surface area contributed by atoms with Gasteiger partial charge in [-0.3, -0.25) is 0 Å². The number of rotatable bonds is 6. The van der Waals surface area contributed by atoms with Crippen LogP contribution in [0.25, 0.3) is 11.3 Å².